The van der Waals surface area contributed by atoms with Gasteiger partial charge in [0.1, 0.15) is 0 Å². The molecule has 1 aromatic carbocycles. The Hall–Kier alpha value is -0.820. The highest BCUT2D eigenvalue weighted by Crippen LogP contribution is 2.38. The predicted octanol–water partition coefficient (Wildman–Crippen LogP) is 2.49. The standard InChI is InChI=1S/C16H23N3O.HI/c1-17-15(18-11-14-5-3-2-4-6-14)19-9-7-16(12-19)8-10-20-13-16;/h2-6H,7-13H2,1H3,(H,17,18);1H. The molecule has 1 aromatic rings. The largest absolute Gasteiger partial charge is 0.381 e. The molecule has 0 amide bonds. The molecule has 4 nitrogen and oxygen atoms in total. The maximum Gasteiger partial charge on any atom is 0.193 e. The number of hydrogen-bond donors (Lipinski definition) is 1. The van der Waals surface area contributed by atoms with Crippen LogP contribution < -0.4 is 5.32 Å². The van der Waals surface area contributed by atoms with E-state index < -0.39 is 0 Å². The molecule has 2 saturated heterocycles. The Morgan fingerprint density at radius 3 is 2.81 bits per heavy atom. The van der Waals surface area contributed by atoms with Gasteiger partial charge in [0, 0.05) is 38.7 Å². The van der Waals surface area contributed by atoms with Crippen molar-refractivity contribution in [3.05, 3.63) is 35.9 Å². The fraction of sp³-hybridized carbons (Fsp3) is 0.562. The molecule has 2 aliphatic heterocycles. The van der Waals surface area contributed by atoms with E-state index in [1.54, 1.807) is 0 Å². The lowest BCUT2D eigenvalue weighted by atomic mass is 9.87. The number of guanidine groups is 1. The van der Waals surface area contributed by atoms with Gasteiger partial charge in [-0.3, -0.25) is 4.99 Å². The van der Waals surface area contributed by atoms with Crippen LogP contribution in [-0.2, 0) is 11.3 Å². The number of halogens is 1. The first kappa shape index (κ1) is 16.5. The quantitative estimate of drug-likeness (QED) is 0.470. The Balaban J connectivity index is 0.00000161. The van der Waals surface area contributed by atoms with E-state index in [2.05, 4.69) is 39.5 Å². The fourth-order valence-electron chi connectivity index (χ4n) is 3.20. The van der Waals surface area contributed by atoms with Crippen molar-refractivity contribution >= 4 is 29.9 Å². The van der Waals surface area contributed by atoms with Gasteiger partial charge in [-0.15, -0.1) is 24.0 Å². The number of benzene rings is 1. The molecule has 1 unspecified atom stereocenters. The number of likely N-dealkylation sites (tertiary alicyclic amines) is 1. The topological polar surface area (TPSA) is 36.9 Å². The number of aliphatic imine (C=N–C) groups is 1. The molecule has 0 saturated carbocycles. The number of ether oxygens (including phenoxy) is 1. The van der Waals surface area contributed by atoms with E-state index in [-0.39, 0.29) is 24.0 Å². The van der Waals surface area contributed by atoms with E-state index >= 15 is 0 Å². The first-order chi connectivity index (χ1) is 9.81. The van der Waals surface area contributed by atoms with Crippen LogP contribution in [-0.4, -0.2) is 44.2 Å². The van der Waals surface area contributed by atoms with E-state index in [4.69, 9.17) is 4.74 Å². The molecule has 116 valence electrons. The SMILES string of the molecule is CN=C(NCc1ccccc1)N1CCC2(CCOC2)C1.I. The zero-order valence-corrected chi connectivity index (χ0v) is 14.9. The molecule has 0 aromatic heterocycles. The van der Waals surface area contributed by atoms with Gasteiger partial charge in [-0.25, -0.2) is 0 Å². The molecule has 1 N–H and O–H groups in total. The average molecular weight is 401 g/mol. The molecule has 2 fully saturated rings. The van der Waals surface area contributed by atoms with Crippen LogP contribution in [0.15, 0.2) is 35.3 Å². The highest BCUT2D eigenvalue weighted by molar-refractivity contribution is 14.0. The minimum Gasteiger partial charge on any atom is -0.381 e. The Labute approximate surface area is 144 Å². The van der Waals surface area contributed by atoms with Gasteiger partial charge in [-0.1, -0.05) is 30.3 Å². The summed E-state index contributed by atoms with van der Waals surface area (Å²) >= 11 is 0. The third-order valence-corrected chi connectivity index (χ3v) is 4.43. The van der Waals surface area contributed by atoms with Crippen LogP contribution in [0, 0.1) is 5.41 Å². The van der Waals surface area contributed by atoms with Gasteiger partial charge >= 0.3 is 0 Å². The van der Waals surface area contributed by atoms with Gasteiger partial charge in [-0.2, -0.15) is 0 Å². The minimum absolute atomic E-state index is 0. The first-order valence-corrected chi connectivity index (χ1v) is 7.39. The molecule has 0 radical (unpaired) electrons. The molecule has 0 bridgehead atoms. The molecular weight excluding hydrogens is 377 g/mol. The summed E-state index contributed by atoms with van der Waals surface area (Å²) in [7, 11) is 1.86. The Morgan fingerprint density at radius 1 is 1.33 bits per heavy atom. The summed E-state index contributed by atoms with van der Waals surface area (Å²) in [5.41, 5.74) is 1.66. The van der Waals surface area contributed by atoms with Crippen LogP contribution >= 0.6 is 24.0 Å². The summed E-state index contributed by atoms with van der Waals surface area (Å²) in [4.78, 5) is 6.80. The minimum atomic E-state index is 0. The van der Waals surface area contributed by atoms with Crippen LogP contribution in [0.25, 0.3) is 0 Å². The summed E-state index contributed by atoms with van der Waals surface area (Å²) < 4.78 is 5.59. The second kappa shape index (κ2) is 7.45. The Bertz CT molecular complexity index is 472. The normalized spacial score (nSPS) is 25.2. The lowest BCUT2D eigenvalue weighted by Crippen LogP contribution is -2.41. The predicted molar refractivity (Wildman–Crippen MR) is 96.1 cm³/mol. The van der Waals surface area contributed by atoms with Crippen molar-refractivity contribution in [3.8, 4) is 0 Å². The maximum absolute atomic E-state index is 5.59. The van der Waals surface area contributed by atoms with E-state index in [0.717, 1.165) is 38.8 Å². The van der Waals surface area contributed by atoms with Crippen molar-refractivity contribution < 1.29 is 4.74 Å². The van der Waals surface area contributed by atoms with E-state index in [1.165, 1.54) is 18.4 Å². The molecule has 1 atom stereocenters. The third kappa shape index (κ3) is 3.88. The van der Waals surface area contributed by atoms with Crippen LogP contribution in [0.2, 0.25) is 0 Å². The summed E-state index contributed by atoms with van der Waals surface area (Å²) in [5.74, 6) is 1.01. The molecule has 2 aliphatic rings. The highest BCUT2D eigenvalue weighted by Gasteiger charge is 2.42. The maximum atomic E-state index is 5.59. The van der Waals surface area contributed by atoms with Gasteiger partial charge in [0.15, 0.2) is 5.96 Å². The molecule has 3 rings (SSSR count). The van der Waals surface area contributed by atoms with Crippen molar-refractivity contribution in [1.82, 2.24) is 10.2 Å². The van der Waals surface area contributed by atoms with Gasteiger partial charge in [0.25, 0.3) is 0 Å². The van der Waals surface area contributed by atoms with Gasteiger partial charge < -0.3 is 15.0 Å². The summed E-state index contributed by atoms with van der Waals surface area (Å²) in [6, 6.07) is 10.5. The zero-order valence-electron chi connectivity index (χ0n) is 12.5. The van der Waals surface area contributed by atoms with Crippen LogP contribution in [0.1, 0.15) is 18.4 Å². The van der Waals surface area contributed by atoms with Crippen molar-refractivity contribution in [2.45, 2.75) is 19.4 Å². The second-order valence-electron chi connectivity index (χ2n) is 5.86. The number of nitrogens with one attached hydrogen (secondary N) is 1. The van der Waals surface area contributed by atoms with E-state index in [0.29, 0.717) is 5.41 Å². The van der Waals surface area contributed by atoms with Crippen LogP contribution in [0.4, 0.5) is 0 Å². The van der Waals surface area contributed by atoms with Crippen molar-refractivity contribution in [3.63, 3.8) is 0 Å². The monoisotopic (exact) mass is 401 g/mol. The van der Waals surface area contributed by atoms with Gasteiger partial charge in [-0.05, 0) is 18.4 Å². The first-order valence-electron chi connectivity index (χ1n) is 7.39. The molecule has 1 spiro atoms. The number of nitrogens with zero attached hydrogens (tertiary/aromatic N) is 2. The molecular formula is C16H24IN3O. The number of rotatable bonds is 2. The van der Waals surface area contributed by atoms with E-state index in [9.17, 15) is 0 Å². The van der Waals surface area contributed by atoms with Gasteiger partial charge in [0.2, 0.25) is 0 Å². The Morgan fingerprint density at radius 2 is 2.14 bits per heavy atom. The van der Waals surface area contributed by atoms with Crippen LogP contribution in [0.5, 0.6) is 0 Å². The summed E-state index contributed by atoms with van der Waals surface area (Å²) in [5, 5.41) is 3.47. The lowest BCUT2D eigenvalue weighted by molar-refractivity contribution is 0.156. The van der Waals surface area contributed by atoms with Crippen molar-refractivity contribution in [1.29, 1.82) is 0 Å². The molecule has 0 aliphatic carbocycles. The Kier molecular flexibility index (Phi) is 5.87. The highest BCUT2D eigenvalue weighted by atomic mass is 127. The van der Waals surface area contributed by atoms with Crippen LogP contribution in [0.3, 0.4) is 0 Å². The second-order valence-corrected chi connectivity index (χ2v) is 5.86. The lowest BCUT2D eigenvalue weighted by Gasteiger charge is -2.25. The number of hydrogen-bond acceptors (Lipinski definition) is 2. The molecule has 21 heavy (non-hydrogen) atoms. The van der Waals surface area contributed by atoms with E-state index in [1.807, 2.05) is 13.1 Å². The van der Waals surface area contributed by atoms with Crippen molar-refractivity contribution in [2.24, 2.45) is 10.4 Å². The average Bonchev–Trinajstić information content (AvgIpc) is 3.12. The smallest absolute Gasteiger partial charge is 0.193 e. The molecule has 2 heterocycles. The third-order valence-electron chi connectivity index (χ3n) is 4.43. The van der Waals surface area contributed by atoms with Crippen molar-refractivity contribution in [2.75, 3.05) is 33.4 Å². The summed E-state index contributed by atoms with van der Waals surface area (Å²) in [6.45, 7) is 4.82. The molecule has 5 heteroatoms. The zero-order chi connectivity index (χ0) is 13.8. The van der Waals surface area contributed by atoms with Gasteiger partial charge in [0.05, 0.1) is 6.61 Å². The summed E-state index contributed by atoms with van der Waals surface area (Å²) in [6.07, 6.45) is 2.41. The fourth-order valence-corrected chi connectivity index (χ4v) is 3.20.